The van der Waals surface area contributed by atoms with Crippen molar-refractivity contribution in [2.45, 2.75) is 32.1 Å². The lowest BCUT2D eigenvalue weighted by molar-refractivity contribution is 0.468. The monoisotopic (exact) mass is 232 g/mol. The van der Waals surface area contributed by atoms with Crippen molar-refractivity contribution in [3.05, 3.63) is 35.4 Å². The normalized spacial score (nSPS) is 13.2. The number of rotatable bonds is 4. The van der Waals surface area contributed by atoms with Crippen molar-refractivity contribution in [3.8, 4) is 0 Å². The molecule has 1 aromatic rings. The SMILES string of the molecule is CCC(CC)C(Cl)c1ccc(F)c(F)c1. The zero-order valence-electron chi connectivity index (χ0n) is 8.93. The molecule has 0 nitrogen and oxygen atoms in total. The Morgan fingerprint density at radius 1 is 1.13 bits per heavy atom. The van der Waals surface area contributed by atoms with Crippen molar-refractivity contribution < 1.29 is 8.78 Å². The Morgan fingerprint density at radius 2 is 1.73 bits per heavy atom. The first-order valence-corrected chi connectivity index (χ1v) is 5.62. The van der Waals surface area contributed by atoms with Gasteiger partial charge in [-0.25, -0.2) is 8.78 Å². The van der Waals surface area contributed by atoms with E-state index in [0.29, 0.717) is 11.5 Å². The van der Waals surface area contributed by atoms with Crippen molar-refractivity contribution in [1.29, 1.82) is 0 Å². The van der Waals surface area contributed by atoms with Crippen LogP contribution in [0.1, 0.15) is 37.6 Å². The van der Waals surface area contributed by atoms with E-state index < -0.39 is 11.6 Å². The Kier molecular flexibility index (Phi) is 4.52. The molecule has 0 aliphatic carbocycles. The number of halogens is 3. The van der Waals surface area contributed by atoms with Crippen LogP contribution in [0.4, 0.5) is 8.78 Å². The maximum absolute atomic E-state index is 13.0. The first-order valence-electron chi connectivity index (χ1n) is 5.19. The van der Waals surface area contributed by atoms with Gasteiger partial charge in [0.15, 0.2) is 11.6 Å². The molecule has 0 aliphatic heterocycles. The lowest BCUT2D eigenvalue weighted by Crippen LogP contribution is -2.06. The van der Waals surface area contributed by atoms with Gasteiger partial charge in [0.1, 0.15) is 0 Å². The van der Waals surface area contributed by atoms with Crippen LogP contribution >= 0.6 is 11.6 Å². The van der Waals surface area contributed by atoms with Gasteiger partial charge in [-0.2, -0.15) is 0 Å². The van der Waals surface area contributed by atoms with Crippen LogP contribution in [0.3, 0.4) is 0 Å². The topological polar surface area (TPSA) is 0 Å². The summed E-state index contributed by atoms with van der Waals surface area (Å²) < 4.78 is 25.7. The third kappa shape index (κ3) is 2.91. The van der Waals surface area contributed by atoms with Crippen LogP contribution in [0.5, 0.6) is 0 Å². The lowest BCUT2D eigenvalue weighted by atomic mass is 9.94. The Morgan fingerprint density at radius 3 is 2.20 bits per heavy atom. The molecule has 1 atom stereocenters. The van der Waals surface area contributed by atoms with Crippen molar-refractivity contribution in [1.82, 2.24) is 0 Å². The highest BCUT2D eigenvalue weighted by Gasteiger charge is 2.18. The molecule has 84 valence electrons. The van der Waals surface area contributed by atoms with Gasteiger partial charge >= 0.3 is 0 Å². The second-order valence-electron chi connectivity index (χ2n) is 3.65. The Balaban J connectivity index is 2.90. The third-order valence-corrected chi connectivity index (χ3v) is 3.33. The molecule has 0 radical (unpaired) electrons. The van der Waals surface area contributed by atoms with Crippen LogP contribution in [-0.2, 0) is 0 Å². The molecule has 0 saturated heterocycles. The van der Waals surface area contributed by atoms with Gasteiger partial charge in [-0.05, 0) is 23.6 Å². The third-order valence-electron chi connectivity index (χ3n) is 2.72. The zero-order chi connectivity index (χ0) is 11.4. The second kappa shape index (κ2) is 5.45. The molecule has 1 aromatic carbocycles. The fourth-order valence-corrected chi connectivity index (χ4v) is 2.15. The zero-order valence-corrected chi connectivity index (χ0v) is 9.69. The molecule has 0 aliphatic rings. The fourth-order valence-electron chi connectivity index (χ4n) is 1.66. The predicted octanol–water partition coefficient (Wildman–Crippen LogP) is 4.68. The minimum Gasteiger partial charge on any atom is -0.204 e. The molecular formula is C12H15ClF2. The smallest absolute Gasteiger partial charge is 0.159 e. The molecule has 0 bridgehead atoms. The highest BCUT2D eigenvalue weighted by molar-refractivity contribution is 6.21. The summed E-state index contributed by atoms with van der Waals surface area (Å²) in [6, 6.07) is 3.86. The molecule has 0 fully saturated rings. The summed E-state index contributed by atoms with van der Waals surface area (Å²) in [6.07, 6.45) is 1.87. The van der Waals surface area contributed by atoms with Gasteiger partial charge in [0.2, 0.25) is 0 Å². The van der Waals surface area contributed by atoms with E-state index in [-0.39, 0.29) is 5.38 Å². The van der Waals surface area contributed by atoms with Gasteiger partial charge in [-0.3, -0.25) is 0 Å². The molecule has 0 heterocycles. The molecule has 0 amide bonds. The van der Waals surface area contributed by atoms with Gasteiger partial charge in [0, 0.05) is 0 Å². The molecule has 0 spiro atoms. The minimum absolute atomic E-state index is 0.241. The second-order valence-corrected chi connectivity index (χ2v) is 4.12. The van der Waals surface area contributed by atoms with Gasteiger partial charge < -0.3 is 0 Å². The van der Waals surface area contributed by atoms with Crippen LogP contribution < -0.4 is 0 Å². The molecule has 1 rings (SSSR count). The highest BCUT2D eigenvalue weighted by Crippen LogP contribution is 2.33. The predicted molar refractivity (Wildman–Crippen MR) is 59.0 cm³/mol. The van der Waals surface area contributed by atoms with E-state index in [2.05, 4.69) is 0 Å². The molecular weight excluding hydrogens is 218 g/mol. The number of alkyl halides is 1. The van der Waals surface area contributed by atoms with Crippen molar-refractivity contribution in [2.75, 3.05) is 0 Å². The van der Waals surface area contributed by atoms with E-state index in [4.69, 9.17) is 11.6 Å². The van der Waals surface area contributed by atoms with Crippen LogP contribution in [0.2, 0.25) is 0 Å². The molecule has 3 heteroatoms. The standard InChI is InChI=1S/C12H15ClF2/c1-3-8(4-2)12(13)9-5-6-10(14)11(15)7-9/h5-8,12H,3-4H2,1-2H3. The summed E-state index contributed by atoms with van der Waals surface area (Å²) >= 11 is 6.21. The number of hydrogen-bond donors (Lipinski definition) is 0. The Bertz CT molecular complexity index is 321. The van der Waals surface area contributed by atoms with Crippen LogP contribution in [0.15, 0.2) is 18.2 Å². The summed E-state index contributed by atoms with van der Waals surface area (Å²) in [7, 11) is 0. The van der Waals surface area contributed by atoms with Gasteiger partial charge in [0.05, 0.1) is 5.38 Å². The van der Waals surface area contributed by atoms with E-state index in [1.54, 1.807) is 6.07 Å². The van der Waals surface area contributed by atoms with Crippen molar-refractivity contribution >= 4 is 11.6 Å². The summed E-state index contributed by atoms with van der Waals surface area (Å²) in [5.41, 5.74) is 0.657. The summed E-state index contributed by atoms with van der Waals surface area (Å²) in [4.78, 5) is 0. The maximum atomic E-state index is 13.0. The Hall–Kier alpha value is -0.630. The number of benzene rings is 1. The average molecular weight is 233 g/mol. The van der Waals surface area contributed by atoms with Gasteiger partial charge in [0.25, 0.3) is 0 Å². The average Bonchev–Trinajstić information content (AvgIpc) is 2.23. The number of hydrogen-bond acceptors (Lipinski definition) is 0. The van der Waals surface area contributed by atoms with E-state index >= 15 is 0 Å². The molecule has 0 aromatic heterocycles. The molecule has 0 saturated carbocycles. The summed E-state index contributed by atoms with van der Waals surface area (Å²) in [5, 5.41) is -0.241. The van der Waals surface area contributed by atoms with E-state index in [1.165, 1.54) is 6.07 Å². The largest absolute Gasteiger partial charge is 0.204 e. The maximum Gasteiger partial charge on any atom is 0.159 e. The Labute approximate surface area is 94.3 Å². The van der Waals surface area contributed by atoms with Crippen molar-refractivity contribution in [2.24, 2.45) is 5.92 Å². The first kappa shape index (κ1) is 12.4. The van der Waals surface area contributed by atoms with Crippen LogP contribution in [-0.4, -0.2) is 0 Å². The van der Waals surface area contributed by atoms with Crippen molar-refractivity contribution in [3.63, 3.8) is 0 Å². The minimum atomic E-state index is -0.830. The molecule has 1 unspecified atom stereocenters. The molecule has 15 heavy (non-hydrogen) atoms. The van der Waals surface area contributed by atoms with Gasteiger partial charge in [-0.15, -0.1) is 11.6 Å². The lowest BCUT2D eigenvalue weighted by Gasteiger charge is -2.19. The first-order chi connectivity index (χ1) is 7.10. The van der Waals surface area contributed by atoms with E-state index in [1.807, 2.05) is 13.8 Å². The van der Waals surface area contributed by atoms with Crippen LogP contribution in [0, 0.1) is 17.6 Å². The van der Waals surface area contributed by atoms with Crippen LogP contribution in [0.25, 0.3) is 0 Å². The summed E-state index contributed by atoms with van der Waals surface area (Å²) in [5.74, 6) is -1.35. The quantitative estimate of drug-likeness (QED) is 0.661. The molecule has 0 N–H and O–H groups in total. The van der Waals surface area contributed by atoms with E-state index in [0.717, 1.165) is 18.9 Å². The summed E-state index contributed by atoms with van der Waals surface area (Å²) in [6.45, 7) is 4.09. The fraction of sp³-hybridized carbons (Fsp3) is 0.500. The highest BCUT2D eigenvalue weighted by atomic mass is 35.5. The van der Waals surface area contributed by atoms with Gasteiger partial charge in [-0.1, -0.05) is 32.8 Å². The van der Waals surface area contributed by atoms with E-state index in [9.17, 15) is 8.78 Å².